The summed E-state index contributed by atoms with van der Waals surface area (Å²) in [7, 11) is 0. The molecule has 5 heteroatoms. The van der Waals surface area contributed by atoms with E-state index in [1.165, 1.54) is 26.6 Å². The maximum atomic E-state index is 6.15. The van der Waals surface area contributed by atoms with Crippen molar-refractivity contribution in [3.05, 3.63) is 96.3 Å². The van der Waals surface area contributed by atoms with Crippen molar-refractivity contribution in [3.8, 4) is 11.1 Å². The molecule has 0 aliphatic rings. The largest absolute Gasteiger partial charge is 0.309 e. The number of hydrogen-bond donors (Lipinski definition) is 3. The van der Waals surface area contributed by atoms with Crippen molar-refractivity contribution in [2.24, 2.45) is 11.7 Å². The maximum Gasteiger partial charge on any atom is 0.127 e. The van der Waals surface area contributed by atoms with Crippen LogP contribution in [0.2, 0.25) is 0 Å². The zero-order valence-corrected chi connectivity index (χ0v) is 16.2. The minimum atomic E-state index is 0.444. The van der Waals surface area contributed by atoms with Gasteiger partial charge in [-0.3, -0.25) is 5.01 Å². The van der Waals surface area contributed by atoms with Gasteiger partial charge in [0.1, 0.15) is 5.82 Å². The normalized spacial score (nSPS) is 10.5. The highest BCUT2D eigenvalue weighted by Crippen LogP contribution is 2.32. The van der Waals surface area contributed by atoms with Crippen LogP contribution in [0.15, 0.2) is 90.1 Å². The Balaban J connectivity index is 1.76. The van der Waals surface area contributed by atoms with Gasteiger partial charge in [-0.15, -0.1) is 11.8 Å². The molecule has 0 heterocycles. The lowest BCUT2D eigenvalue weighted by Gasteiger charge is -2.24. The van der Waals surface area contributed by atoms with Crippen LogP contribution in [0.25, 0.3) is 11.1 Å². The van der Waals surface area contributed by atoms with E-state index in [9.17, 15) is 0 Å². The van der Waals surface area contributed by atoms with E-state index >= 15 is 0 Å². The van der Waals surface area contributed by atoms with Crippen LogP contribution in [0, 0.1) is 6.92 Å². The fraction of sp³-hybridized carbons (Fsp3) is 0.0909. The molecule has 0 unspecified atom stereocenters. The number of nitrogens with two attached hydrogens (primary N) is 2. The Morgan fingerprint density at radius 3 is 2.30 bits per heavy atom. The third-order valence-corrected chi connectivity index (χ3v) is 5.49. The number of hydrogen-bond acceptors (Lipinski definition) is 5. The molecule has 3 aromatic rings. The monoisotopic (exact) mass is 376 g/mol. The lowest BCUT2D eigenvalue weighted by molar-refractivity contribution is 0.804. The number of anilines is 1. The predicted octanol–water partition coefficient (Wildman–Crippen LogP) is 4.57. The molecule has 0 bridgehead atoms. The van der Waals surface area contributed by atoms with Crippen LogP contribution >= 0.6 is 11.8 Å². The van der Waals surface area contributed by atoms with Gasteiger partial charge in [-0.05, 0) is 47.4 Å². The maximum absolute atomic E-state index is 6.15. The van der Waals surface area contributed by atoms with E-state index in [2.05, 4.69) is 73.5 Å². The SMILES string of the molecule is C=C(NN)N(N)c1cccc(C)c1CSc1ccc(-c2ccccc2)cc1. The van der Waals surface area contributed by atoms with Crippen LogP contribution < -0.4 is 22.1 Å². The van der Waals surface area contributed by atoms with E-state index in [1.807, 2.05) is 18.2 Å². The van der Waals surface area contributed by atoms with E-state index in [1.54, 1.807) is 11.8 Å². The van der Waals surface area contributed by atoms with Crippen LogP contribution in [0.4, 0.5) is 5.69 Å². The van der Waals surface area contributed by atoms with Gasteiger partial charge in [0, 0.05) is 10.6 Å². The van der Waals surface area contributed by atoms with Crippen molar-refractivity contribution in [3.63, 3.8) is 0 Å². The molecule has 0 amide bonds. The second-order valence-corrected chi connectivity index (χ2v) is 7.26. The summed E-state index contributed by atoms with van der Waals surface area (Å²) >= 11 is 1.78. The van der Waals surface area contributed by atoms with E-state index in [0.717, 1.165) is 17.0 Å². The van der Waals surface area contributed by atoms with Crippen molar-refractivity contribution < 1.29 is 0 Å². The molecule has 3 aromatic carbocycles. The van der Waals surface area contributed by atoms with E-state index < -0.39 is 0 Å². The predicted molar refractivity (Wildman–Crippen MR) is 116 cm³/mol. The van der Waals surface area contributed by atoms with Crippen LogP contribution in [0.3, 0.4) is 0 Å². The lowest BCUT2D eigenvalue weighted by atomic mass is 10.1. The average molecular weight is 377 g/mol. The Hall–Kier alpha value is -2.73. The minimum absolute atomic E-state index is 0.444. The van der Waals surface area contributed by atoms with Crippen molar-refractivity contribution in [1.82, 2.24) is 5.43 Å². The Labute approximate surface area is 164 Å². The molecule has 5 N–H and O–H groups in total. The number of benzene rings is 3. The van der Waals surface area contributed by atoms with Gasteiger partial charge in [0.15, 0.2) is 0 Å². The molecule has 27 heavy (non-hydrogen) atoms. The number of hydrazine groups is 2. The van der Waals surface area contributed by atoms with Gasteiger partial charge < -0.3 is 5.43 Å². The summed E-state index contributed by atoms with van der Waals surface area (Å²) < 4.78 is 0. The second kappa shape index (κ2) is 8.77. The van der Waals surface area contributed by atoms with Crippen molar-refractivity contribution in [2.75, 3.05) is 5.01 Å². The average Bonchev–Trinajstić information content (AvgIpc) is 2.72. The number of nitrogens with one attached hydrogen (secondary N) is 1. The summed E-state index contributed by atoms with van der Waals surface area (Å²) in [6.45, 7) is 5.92. The Bertz CT molecular complexity index is 907. The molecule has 4 nitrogen and oxygen atoms in total. The lowest BCUT2D eigenvalue weighted by Crippen LogP contribution is -2.40. The van der Waals surface area contributed by atoms with E-state index in [-0.39, 0.29) is 0 Å². The van der Waals surface area contributed by atoms with Gasteiger partial charge in [0.25, 0.3) is 0 Å². The van der Waals surface area contributed by atoms with Gasteiger partial charge >= 0.3 is 0 Å². The van der Waals surface area contributed by atoms with Crippen molar-refractivity contribution in [1.29, 1.82) is 0 Å². The zero-order chi connectivity index (χ0) is 19.2. The summed E-state index contributed by atoms with van der Waals surface area (Å²) in [4.78, 5) is 1.21. The third-order valence-electron chi connectivity index (χ3n) is 4.45. The van der Waals surface area contributed by atoms with Gasteiger partial charge in [-0.2, -0.15) is 0 Å². The Morgan fingerprint density at radius 1 is 0.963 bits per heavy atom. The van der Waals surface area contributed by atoms with Gasteiger partial charge in [-0.25, -0.2) is 11.7 Å². The first-order valence-electron chi connectivity index (χ1n) is 8.67. The minimum Gasteiger partial charge on any atom is -0.309 e. The Kier molecular flexibility index (Phi) is 6.19. The highest BCUT2D eigenvalue weighted by atomic mass is 32.2. The van der Waals surface area contributed by atoms with E-state index in [4.69, 9.17) is 11.7 Å². The standard InChI is InChI=1S/C22H24N4S/c1-16-7-6-10-22(26(24)17(2)25-23)21(16)15-27-20-13-11-19(12-14-20)18-8-4-3-5-9-18/h3-14,25H,2,15,23-24H2,1H3. The van der Waals surface area contributed by atoms with Gasteiger partial charge in [0.05, 0.1) is 5.69 Å². The quantitative estimate of drug-likeness (QED) is 0.320. The first-order chi connectivity index (χ1) is 13.1. The molecule has 0 fully saturated rings. The van der Waals surface area contributed by atoms with E-state index in [0.29, 0.717) is 5.82 Å². The number of aryl methyl sites for hydroxylation is 1. The fourth-order valence-electron chi connectivity index (χ4n) is 2.84. The summed E-state index contributed by atoms with van der Waals surface area (Å²) in [6, 6.07) is 25.1. The highest BCUT2D eigenvalue weighted by molar-refractivity contribution is 7.98. The van der Waals surface area contributed by atoms with Gasteiger partial charge in [-0.1, -0.05) is 61.2 Å². The third kappa shape index (κ3) is 4.52. The smallest absolute Gasteiger partial charge is 0.127 e. The van der Waals surface area contributed by atoms with Gasteiger partial charge in [0.2, 0.25) is 0 Å². The van der Waals surface area contributed by atoms with Crippen LogP contribution in [-0.2, 0) is 5.75 Å². The van der Waals surface area contributed by atoms with Crippen LogP contribution in [0.1, 0.15) is 11.1 Å². The summed E-state index contributed by atoms with van der Waals surface area (Å²) in [5, 5.41) is 1.49. The fourth-order valence-corrected chi connectivity index (χ4v) is 3.86. The number of rotatable bonds is 7. The topological polar surface area (TPSA) is 67.3 Å². The molecule has 138 valence electrons. The molecule has 0 aromatic heterocycles. The molecule has 0 saturated heterocycles. The molecule has 0 saturated carbocycles. The van der Waals surface area contributed by atoms with Crippen molar-refractivity contribution in [2.45, 2.75) is 17.6 Å². The number of nitrogens with zero attached hydrogens (tertiary/aromatic N) is 1. The molecular formula is C22H24N4S. The molecule has 0 aliphatic carbocycles. The van der Waals surface area contributed by atoms with Crippen molar-refractivity contribution >= 4 is 17.4 Å². The molecule has 0 radical (unpaired) electrons. The highest BCUT2D eigenvalue weighted by Gasteiger charge is 2.13. The second-order valence-electron chi connectivity index (χ2n) is 6.21. The van der Waals surface area contributed by atoms with Crippen LogP contribution in [-0.4, -0.2) is 0 Å². The molecule has 0 aliphatic heterocycles. The molecule has 0 spiro atoms. The first-order valence-corrected chi connectivity index (χ1v) is 9.66. The zero-order valence-electron chi connectivity index (χ0n) is 15.4. The molecule has 3 rings (SSSR count). The first kappa shape index (κ1) is 19.0. The number of thioether (sulfide) groups is 1. The molecular weight excluding hydrogens is 352 g/mol. The molecule has 0 atom stereocenters. The van der Waals surface area contributed by atoms with Crippen LogP contribution in [0.5, 0.6) is 0 Å². The summed E-state index contributed by atoms with van der Waals surface area (Å²) in [6.07, 6.45) is 0. The summed E-state index contributed by atoms with van der Waals surface area (Å²) in [5.41, 5.74) is 8.18. The summed E-state index contributed by atoms with van der Waals surface area (Å²) in [5.74, 6) is 12.9. The Morgan fingerprint density at radius 2 is 1.63 bits per heavy atom.